The first-order valence-corrected chi connectivity index (χ1v) is 7.28. The maximum absolute atomic E-state index is 4.80. The van der Waals surface area contributed by atoms with Crippen LogP contribution in [0.3, 0.4) is 0 Å². The first-order chi connectivity index (χ1) is 9.72. The third-order valence-electron chi connectivity index (χ3n) is 3.86. The minimum atomic E-state index is 0.940. The summed E-state index contributed by atoms with van der Waals surface area (Å²) in [7, 11) is 0. The van der Waals surface area contributed by atoms with Gasteiger partial charge in [0.05, 0.1) is 5.69 Å². The highest BCUT2D eigenvalue weighted by Crippen LogP contribution is 2.20. The largest absolute Gasteiger partial charge is 0.342 e. The lowest BCUT2D eigenvalue weighted by Gasteiger charge is -2.26. The van der Waals surface area contributed by atoms with Crippen LogP contribution in [0.25, 0.3) is 11.4 Å². The van der Waals surface area contributed by atoms with Gasteiger partial charge in [-0.05, 0) is 19.9 Å². The molecule has 1 aliphatic heterocycles. The van der Waals surface area contributed by atoms with Crippen molar-refractivity contribution in [2.45, 2.75) is 20.4 Å². The van der Waals surface area contributed by atoms with Crippen molar-refractivity contribution < 1.29 is 0 Å². The van der Waals surface area contributed by atoms with E-state index in [0.29, 0.717) is 0 Å². The van der Waals surface area contributed by atoms with Crippen LogP contribution in [0.2, 0.25) is 0 Å². The van der Waals surface area contributed by atoms with Gasteiger partial charge in [0.15, 0.2) is 0 Å². The lowest BCUT2D eigenvalue weighted by molar-refractivity contribution is 0.230. The first kappa shape index (κ1) is 13.3. The van der Waals surface area contributed by atoms with Crippen molar-refractivity contribution in [3.05, 3.63) is 41.2 Å². The molecule has 1 saturated heterocycles. The number of H-pyrrole nitrogens is 1. The molecule has 106 valence electrons. The Bertz CT molecular complexity index is 582. The monoisotopic (exact) mass is 270 g/mol. The van der Waals surface area contributed by atoms with E-state index in [2.05, 4.69) is 53.3 Å². The molecular formula is C16H22N4. The molecule has 0 radical (unpaired) electrons. The molecule has 0 saturated carbocycles. The smallest absolute Gasteiger partial charge is 0.137 e. The van der Waals surface area contributed by atoms with Gasteiger partial charge in [0, 0.05) is 44.0 Å². The fourth-order valence-corrected chi connectivity index (χ4v) is 2.66. The molecule has 0 unspecified atom stereocenters. The Morgan fingerprint density at radius 1 is 1.20 bits per heavy atom. The Labute approximate surface area is 120 Å². The molecule has 1 aromatic heterocycles. The number of piperazine rings is 1. The number of benzene rings is 1. The average molecular weight is 270 g/mol. The normalized spacial score (nSPS) is 16.5. The zero-order valence-electron chi connectivity index (χ0n) is 12.2. The van der Waals surface area contributed by atoms with E-state index in [4.69, 9.17) is 4.98 Å². The molecule has 0 atom stereocenters. The summed E-state index contributed by atoms with van der Waals surface area (Å²) in [6, 6.07) is 8.48. The molecule has 1 aromatic carbocycles. The molecule has 1 aliphatic rings. The van der Waals surface area contributed by atoms with Gasteiger partial charge in [-0.2, -0.15) is 0 Å². The van der Waals surface area contributed by atoms with Crippen LogP contribution >= 0.6 is 0 Å². The van der Waals surface area contributed by atoms with Gasteiger partial charge < -0.3 is 10.3 Å². The molecule has 1 fully saturated rings. The van der Waals surface area contributed by atoms with E-state index in [1.54, 1.807) is 0 Å². The Kier molecular flexibility index (Phi) is 3.85. The summed E-state index contributed by atoms with van der Waals surface area (Å²) in [6.07, 6.45) is 0. The third-order valence-corrected chi connectivity index (χ3v) is 3.86. The molecular weight excluding hydrogens is 248 g/mol. The molecule has 0 aliphatic carbocycles. The van der Waals surface area contributed by atoms with Crippen LogP contribution in [0.4, 0.5) is 0 Å². The second kappa shape index (κ2) is 5.77. The number of aryl methyl sites for hydroxylation is 2. The van der Waals surface area contributed by atoms with E-state index in [0.717, 1.165) is 38.5 Å². The maximum Gasteiger partial charge on any atom is 0.137 e. The van der Waals surface area contributed by atoms with Crippen molar-refractivity contribution in [2.24, 2.45) is 0 Å². The quantitative estimate of drug-likeness (QED) is 0.897. The summed E-state index contributed by atoms with van der Waals surface area (Å²) in [5.41, 5.74) is 4.78. The predicted octanol–water partition coefficient (Wildman–Crippen LogP) is 2.10. The van der Waals surface area contributed by atoms with Crippen molar-refractivity contribution in [1.82, 2.24) is 20.2 Å². The number of rotatable bonds is 3. The van der Waals surface area contributed by atoms with E-state index >= 15 is 0 Å². The molecule has 4 heteroatoms. The summed E-state index contributed by atoms with van der Waals surface area (Å²) in [5, 5.41) is 3.38. The van der Waals surface area contributed by atoms with Gasteiger partial charge in [0.2, 0.25) is 0 Å². The Hall–Kier alpha value is -1.65. The topological polar surface area (TPSA) is 44.0 Å². The molecule has 2 aromatic rings. The van der Waals surface area contributed by atoms with E-state index in [-0.39, 0.29) is 0 Å². The summed E-state index contributed by atoms with van der Waals surface area (Å²) < 4.78 is 0. The van der Waals surface area contributed by atoms with Crippen molar-refractivity contribution >= 4 is 0 Å². The average Bonchev–Trinajstić information content (AvgIpc) is 2.81. The summed E-state index contributed by atoms with van der Waals surface area (Å²) in [6.45, 7) is 9.53. The van der Waals surface area contributed by atoms with E-state index in [1.165, 1.54) is 22.5 Å². The van der Waals surface area contributed by atoms with E-state index < -0.39 is 0 Å². The number of aromatic nitrogens is 2. The SMILES string of the molecule is Cc1cccc(-c2nc(CN3CCNCC3)c(C)[nH]2)c1. The molecule has 2 heterocycles. The Morgan fingerprint density at radius 2 is 2.00 bits per heavy atom. The standard InChI is InChI=1S/C16H22N4/c1-12-4-3-5-14(10-12)16-18-13(2)15(19-16)11-20-8-6-17-7-9-20/h3-5,10,17H,6-9,11H2,1-2H3,(H,18,19). The second-order valence-corrected chi connectivity index (χ2v) is 5.55. The summed E-state index contributed by atoms with van der Waals surface area (Å²) in [4.78, 5) is 10.7. The van der Waals surface area contributed by atoms with Crippen LogP contribution in [-0.4, -0.2) is 41.0 Å². The zero-order valence-corrected chi connectivity index (χ0v) is 12.2. The molecule has 0 spiro atoms. The van der Waals surface area contributed by atoms with Gasteiger partial charge in [-0.1, -0.05) is 23.8 Å². The Balaban J connectivity index is 1.80. The second-order valence-electron chi connectivity index (χ2n) is 5.55. The van der Waals surface area contributed by atoms with E-state index in [1.807, 2.05) is 0 Å². The number of nitrogens with one attached hydrogen (secondary N) is 2. The van der Waals surface area contributed by atoms with Crippen LogP contribution < -0.4 is 5.32 Å². The summed E-state index contributed by atoms with van der Waals surface area (Å²) in [5.74, 6) is 0.983. The van der Waals surface area contributed by atoms with Crippen molar-refractivity contribution in [1.29, 1.82) is 0 Å². The first-order valence-electron chi connectivity index (χ1n) is 7.28. The van der Waals surface area contributed by atoms with Crippen molar-refractivity contribution in [3.63, 3.8) is 0 Å². The molecule has 3 rings (SSSR count). The number of imidazole rings is 1. The number of aromatic amines is 1. The highest BCUT2D eigenvalue weighted by atomic mass is 15.2. The molecule has 0 amide bonds. The van der Waals surface area contributed by atoms with Crippen LogP contribution in [0.15, 0.2) is 24.3 Å². The number of hydrogen-bond acceptors (Lipinski definition) is 3. The molecule has 20 heavy (non-hydrogen) atoms. The molecule has 4 nitrogen and oxygen atoms in total. The minimum Gasteiger partial charge on any atom is -0.342 e. The molecule has 2 N–H and O–H groups in total. The maximum atomic E-state index is 4.80. The van der Waals surface area contributed by atoms with Crippen LogP contribution in [0.5, 0.6) is 0 Å². The van der Waals surface area contributed by atoms with Gasteiger partial charge >= 0.3 is 0 Å². The van der Waals surface area contributed by atoms with Gasteiger partial charge in [0.25, 0.3) is 0 Å². The zero-order chi connectivity index (χ0) is 13.9. The van der Waals surface area contributed by atoms with E-state index in [9.17, 15) is 0 Å². The van der Waals surface area contributed by atoms with Crippen molar-refractivity contribution in [2.75, 3.05) is 26.2 Å². The predicted molar refractivity (Wildman–Crippen MR) is 81.6 cm³/mol. The van der Waals surface area contributed by atoms with Gasteiger partial charge in [-0.15, -0.1) is 0 Å². The van der Waals surface area contributed by atoms with Crippen molar-refractivity contribution in [3.8, 4) is 11.4 Å². The van der Waals surface area contributed by atoms with Gasteiger partial charge in [-0.25, -0.2) is 4.98 Å². The van der Waals surface area contributed by atoms with Crippen LogP contribution in [0, 0.1) is 13.8 Å². The number of nitrogens with zero attached hydrogens (tertiary/aromatic N) is 2. The fraction of sp³-hybridized carbons (Fsp3) is 0.438. The minimum absolute atomic E-state index is 0.940. The van der Waals surface area contributed by atoms with Crippen LogP contribution in [0.1, 0.15) is 17.0 Å². The summed E-state index contributed by atoms with van der Waals surface area (Å²) >= 11 is 0. The van der Waals surface area contributed by atoms with Crippen LogP contribution in [-0.2, 0) is 6.54 Å². The highest BCUT2D eigenvalue weighted by molar-refractivity contribution is 5.57. The lowest BCUT2D eigenvalue weighted by Crippen LogP contribution is -2.43. The third kappa shape index (κ3) is 2.92. The Morgan fingerprint density at radius 3 is 2.75 bits per heavy atom. The molecule has 0 bridgehead atoms. The van der Waals surface area contributed by atoms with Gasteiger partial charge in [-0.3, -0.25) is 4.90 Å². The van der Waals surface area contributed by atoms with Gasteiger partial charge in [0.1, 0.15) is 5.82 Å². The lowest BCUT2D eigenvalue weighted by atomic mass is 10.1. The highest BCUT2D eigenvalue weighted by Gasteiger charge is 2.14. The number of hydrogen-bond donors (Lipinski definition) is 2. The fourth-order valence-electron chi connectivity index (χ4n) is 2.66.